The molecule has 0 N–H and O–H groups in total. The van der Waals surface area contributed by atoms with Crippen LogP contribution in [0.5, 0.6) is 0 Å². The summed E-state index contributed by atoms with van der Waals surface area (Å²) in [6.07, 6.45) is 5.30. The SMILES string of the molecule is C=C1C=CC=C2N1[C@@H](c1ccc(Cl)cc1)[C@@H](c1ccc(Cl)cc1)N2S(=O)(=O)c1cccc(F)c1. The fourth-order valence-corrected chi connectivity index (χ4v) is 6.37. The molecule has 0 unspecified atom stereocenters. The molecule has 8 heteroatoms. The van der Waals surface area contributed by atoms with Crippen LogP contribution in [0.15, 0.2) is 114 Å². The van der Waals surface area contributed by atoms with Gasteiger partial charge in [-0.1, -0.05) is 66.2 Å². The molecule has 3 aromatic carbocycles. The summed E-state index contributed by atoms with van der Waals surface area (Å²) in [6.45, 7) is 4.17. The highest BCUT2D eigenvalue weighted by Crippen LogP contribution is 2.53. The second kappa shape index (κ2) is 8.62. The van der Waals surface area contributed by atoms with E-state index in [0.29, 0.717) is 21.6 Å². The number of hydrogen-bond donors (Lipinski definition) is 0. The van der Waals surface area contributed by atoms with Gasteiger partial charge < -0.3 is 4.90 Å². The highest BCUT2D eigenvalue weighted by atomic mass is 35.5. The first-order valence-electron chi connectivity index (χ1n) is 10.4. The predicted octanol–water partition coefficient (Wildman–Crippen LogP) is 6.85. The van der Waals surface area contributed by atoms with Gasteiger partial charge in [-0.2, -0.15) is 0 Å². The lowest BCUT2D eigenvalue weighted by Crippen LogP contribution is -2.31. The summed E-state index contributed by atoms with van der Waals surface area (Å²) in [5.74, 6) is -0.201. The number of nitrogens with zero attached hydrogens (tertiary/aromatic N) is 2. The molecule has 0 amide bonds. The molecule has 1 saturated heterocycles. The molecule has 2 heterocycles. The number of fused-ring (bicyclic) bond motifs is 1. The van der Waals surface area contributed by atoms with E-state index in [0.717, 1.165) is 17.2 Å². The second-order valence-electron chi connectivity index (χ2n) is 8.00. The van der Waals surface area contributed by atoms with Gasteiger partial charge in [-0.15, -0.1) is 0 Å². The Morgan fingerprint density at radius 1 is 0.853 bits per heavy atom. The van der Waals surface area contributed by atoms with Crippen molar-refractivity contribution in [3.05, 3.63) is 136 Å². The van der Waals surface area contributed by atoms with E-state index in [1.807, 2.05) is 23.1 Å². The number of sulfonamides is 1. The van der Waals surface area contributed by atoms with Crippen LogP contribution in [0.25, 0.3) is 0 Å². The van der Waals surface area contributed by atoms with E-state index in [1.54, 1.807) is 48.6 Å². The zero-order valence-corrected chi connectivity index (χ0v) is 20.1. The second-order valence-corrected chi connectivity index (χ2v) is 10.7. The van der Waals surface area contributed by atoms with Crippen LogP contribution in [0.1, 0.15) is 23.2 Å². The molecule has 2 aliphatic rings. The number of rotatable bonds is 4. The molecule has 0 aliphatic carbocycles. The van der Waals surface area contributed by atoms with Crippen molar-refractivity contribution in [2.24, 2.45) is 0 Å². The Hall–Kier alpha value is -3.06. The fraction of sp³-hybridized carbons (Fsp3) is 0.0769. The van der Waals surface area contributed by atoms with Crippen LogP contribution < -0.4 is 0 Å². The Labute approximate surface area is 207 Å². The summed E-state index contributed by atoms with van der Waals surface area (Å²) >= 11 is 12.3. The smallest absolute Gasteiger partial charge is 0.266 e. The largest absolute Gasteiger partial charge is 0.318 e. The van der Waals surface area contributed by atoms with Crippen molar-refractivity contribution in [1.82, 2.24) is 9.21 Å². The van der Waals surface area contributed by atoms with Gasteiger partial charge in [-0.25, -0.2) is 17.1 Å². The molecule has 34 heavy (non-hydrogen) atoms. The predicted molar refractivity (Wildman–Crippen MR) is 132 cm³/mol. The van der Waals surface area contributed by atoms with Crippen LogP contribution in [0.2, 0.25) is 10.0 Å². The summed E-state index contributed by atoms with van der Waals surface area (Å²) in [5, 5.41) is 1.11. The molecule has 1 fully saturated rings. The van der Waals surface area contributed by atoms with Crippen molar-refractivity contribution in [2.75, 3.05) is 0 Å². The van der Waals surface area contributed by atoms with Gasteiger partial charge in [0.25, 0.3) is 10.0 Å². The maximum absolute atomic E-state index is 14.1. The third-order valence-corrected chi connectivity index (χ3v) is 8.21. The van der Waals surface area contributed by atoms with Crippen LogP contribution in [0, 0.1) is 5.82 Å². The summed E-state index contributed by atoms with van der Waals surface area (Å²) in [4.78, 5) is 1.75. The summed E-state index contributed by atoms with van der Waals surface area (Å²) in [6, 6.07) is 18.2. The summed E-state index contributed by atoms with van der Waals surface area (Å²) in [5.41, 5.74) is 2.21. The maximum Gasteiger partial charge on any atom is 0.266 e. The molecule has 3 aromatic rings. The van der Waals surface area contributed by atoms with E-state index in [-0.39, 0.29) is 4.90 Å². The van der Waals surface area contributed by atoms with Crippen LogP contribution in [0.3, 0.4) is 0 Å². The van der Waals surface area contributed by atoms with Gasteiger partial charge in [0.1, 0.15) is 11.6 Å². The molecule has 4 nitrogen and oxygen atoms in total. The number of benzene rings is 3. The van der Waals surface area contributed by atoms with E-state index in [4.69, 9.17) is 23.2 Å². The average Bonchev–Trinajstić information content (AvgIpc) is 3.17. The maximum atomic E-state index is 14.1. The zero-order valence-electron chi connectivity index (χ0n) is 17.8. The quantitative estimate of drug-likeness (QED) is 0.383. The van der Waals surface area contributed by atoms with Crippen molar-refractivity contribution in [2.45, 2.75) is 17.0 Å². The van der Waals surface area contributed by atoms with Gasteiger partial charge in [0, 0.05) is 15.7 Å². The Kier molecular flexibility index (Phi) is 5.76. The Morgan fingerprint density at radius 2 is 1.44 bits per heavy atom. The molecule has 0 aromatic heterocycles. The minimum absolute atomic E-state index is 0.135. The highest BCUT2D eigenvalue weighted by Gasteiger charge is 2.51. The van der Waals surface area contributed by atoms with Crippen LogP contribution >= 0.6 is 23.2 Å². The topological polar surface area (TPSA) is 40.6 Å². The number of allylic oxidation sites excluding steroid dienone is 3. The van der Waals surface area contributed by atoms with Crippen LogP contribution in [0.4, 0.5) is 4.39 Å². The van der Waals surface area contributed by atoms with Crippen molar-refractivity contribution in [3.8, 4) is 0 Å². The molecule has 0 bridgehead atoms. The Bertz CT molecular complexity index is 1430. The van der Waals surface area contributed by atoms with Crippen LogP contribution in [-0.2, 0) is 10.0 Å². The fourth-order valence-electron chi connectivity index (χ4n) is 4.45. The van der Waals surface area contributed by atoms with Crippen molar-refractivity contribution >= 4 is 33.2 Å². The molecular formula is C26H19Cl2FN2O2S. The van der Waals surface area contributed by atoms with E-state index in [2.05, 4.69) is 6.58 Å². The first kappa shape index (κ1) is 22.7. The monoisotopic (exact) mass is 512 g/mol. The van der Waals surface area contributed by atoms with Crippen molar-refractivity contribution < 1.29 is 12.8 Å². The highest BCUT2D eigenvalue weighted by molar-refractivity contribution is 7.89. The molecule has 2 aliphatic heterocycles. The molecule has 0 spiro atoms. The van der Waals surface area contributed by atoms with Crippen LogP contribution in [-0.4, -0.2) is 17.6 Å². The zero-order chi connectivity index (χ0) is 24.0. The lowest BCUT2D eigenvalue weighted by molar-refractivity contribution is 0.346. The summed E-state index contributed by atoms with van der Waals surface area (Å²) in [7, 11) is -4.16. The molecule has 0 radical (unpaired) electrons. The molecular weight excluding hydrogens is 494 g/mol. The average molecular weight is 513 g/mol. The molecule has 5 rings (SSSR count). The minimum atomic E-state index is -4.16. The van der Waals surface area contributed by atoms with Gasteiger partial charge in [-0.3, -0.25) is 0 Å². The van der Waals surface area contributed by atoms with Crippen molar-refractivity contribution in [1.29, 1.82) is 0 Å². The molecule has 2 atom stereocenters. The lowest BCUT2D eigenvalue weighted by Gasteiger charge is -2.30. The summed E-state index contributed by atoms with van der Waals surface area (Å²) < 4.78 is 43.5. The standard InChI is InChI=1S/C26H19Cl2FN2O2S/c1-17-4-2-7-24-30(17)25(18-8-12-20(27)13-9-18)26(19-10-14-21(28)15-11-19)31(24)34(32,33)23-6-3-5-22(29)16-23/h2-16,25-26H,1H2/t25-,26+/m0/s1. The van der Waals surface area contributed by atoms with Gasteiger partial charge in [0.05, 0.1) is 17.0 Å². The molecule has 0 saturated carbocycles. The van der Waals surface area contributed by atoms with E-state index in [1.165, 1.54) is 22.5 Å². The lowest BCUT2D eigenvalue weighted by atomic mass is 9.93. The Morgan fingerprint density at radius 3 is 2.03 bits per heavy atom. The Balaban J connectivity index is 1.77. The van der Waals surface area contributed by atoms with Crippen molar-refractivity contribution in [3.63, 3.8) is 0 Å². The van der Waals surface area contributed by atoms with Gasteiger partial charge in [0.2, 0.25) is 0 Å². The van der Waals surface area contributed by atoms with E-state index >= 15 is 0 Å². The first-order valence-corrected chi connectivity index (χ1v) is 12.6. The number of halogens is 3. The normalized spacial score (nSPS) is 19.9. The van der Waals surface area contributed by atoms with Gasteiger partial charge >= 0.3 is 0 Å². The third kappa shape index (κ3) is 3.82. The molecule has 172 valence electrons. The number of hydrogen-bond acceptors (Lipinski definition) is 3. The first-order chi connectivity index (χ1) is 16.3. The third-order valence-electron chi connectivity index (χ3n) is 5.92. The van der Waals surface area contributed by atoms with Gasteiger partial charge in [-0.05, 0) is 65.7 Å². The van der Waals surface area contributed by atoms with Gasteiger partial charge in [0.15, 0.2) is 0 Å². The minimum Gasteiger partial charge on any atom is -0.318 e. The van der Waals surface area contributed by atoms with E-state index < -0.39 is 27.9 Å². The van der Waals surface area contributed by atoms with E-state index in [9.17, 15) is 12.8 Å².